The van der Waals surface area contributed by atoms with Crippen molar-refractivity contribution >= 4 is 17.0 Å². The molecule has 0 aliphatic heterocycles. The number of aryl methyl sites for hydroxylation is 1. The van der Waals surface area contributed by atoms with Crippen molar-refractivity contribution in [1.29, 1.82) is 0 Å². The number of oxazole rings is 1. The van der Waals surface area contributed by atoms with E-state index in [-0.39, 0.29) is 18.3 Å². The molecule has 0 unspecified atom stereocenters. The molecule has 0 fully saturated rings. The van der Waals surface area contributed by atoms with Gasteiger partial charge in [-0.15, -0.1) is 0 Å². The van der Waals surface area contributed by atoms with Gasteiger partial charge in [0, 0.05) is 6.54 Å². The van der Waals surface area contributed by atoms with Crippen LogP contribution in [0.2, 0.25) is 0 Å². The largest absolute Gasteiger partial charge is 0.483 e. The van der Waals surface area contributed by atoms with Crippen molar-refractivity contribution in [2.75, 3.05) is 6.61 Å². The fraction of sp³-hybridized carbons (Fsp3) is 0.130. The van der Waals surface area contributed by atoms with E-state index in [0.717, 1.165) is 16.6 Å². The van der Waals surface area contributed by atoms with Crippen LogP contribution in [-0.4, -0.2) is 17.5 Å². The maximum absolute atomic E-state index is 12.9. The molecule has 0 aliphatic carbocycles. The SMILES string of the molecule is Cc1ccc2oc(-c3ccccc3OCC(=O)NCc3ccc(F)cc3)nc2c1. The lowest BCUT2D eigenvalue weighted by molar-refractivity contribution is -0.123. The van der Waals surface area contributed by atoms with Gasteiger partial charge in [-0.2, -0.15) is 0 Å². The van der Waals surface area contributed by atoms with Crippen molar-refractivity contribution in [3.63, 3.8) is 0 Å². The van der Waals surface area contributed by atoms with Gasteiger partial charge in [0.1, 0.15) is 17.1 Å². The zero-order valence-electron chi connectivity index (χ0n) is 15.8. The number of amides is 1. The Kier molecular flexibility index (Phi) is 5.24. The van der Waals surface area contributed by atoms with Crippen LogP contribution in [0.15, 0.2) is 71.1 Å². The molecule has 4 rings (SSSR count). The summed E-state index contributed by atoms with van der Waals surface area (Å²) in [5.41, 5.74) is 4.04. The van der Waals surface area contributed by atoms with E-state index in [9.17, 15) is 9.18 Å². The predicted octanol–water partition coefficient (Wildman–Crippen LogP) is 4.64. The van der Waals surface area contributed by atoms with Gasteiger partial charge in [-0.25, -0.2) is 9.37 Å². The molecule has 0 bridgehead atoms. The van der Waals surface area contributed by atoms with Crippen molar-refractivity contribution < 1.29 is 18.3 Å². The van der Waals surface area contributed by atoms with E-state index in [4.69, 9.17) is 9.15 Å². The summed E-state index contributed by atoms with van der Waals surface area (Å²) in [6.07, 6.45) is 0. The number of fused-ring (bicyclic) bond motifs is 1. The number of ether oxygens (including phenoxy) is 1. The molecule has 0 aliphatic rings. The number of halogens is 1. The number of nitrogens with zero attached hydrogens (tertiary/aromatic N) is 1. The van der Waals surface area contributed by atoms with Crippen LogP contribution in [0.4, 0.5) is 4.39 Å². The van der Waals surface area contributed by atoms with E-state index in [1.165, 1.54) is 12.1 Å². The minimum Gasteiger partial charge on any atom is -0.483 e. The first-order valence-electron chi connectivity index (χ1n) is 9.19. The third-order valence-electron chi connectivity index (χ3n) is 4.42. The normalized spacial score (nSPS) is 10.8. The third-order valence-corrected chi connectivity index (χ3v) is 4.42. The van der Waals surface area contributed by atoms with Crippen LogP contribution in [0.25, 0.3) is 22.6 Å². The van der Waals surface area contributed by atoms with Crippen molar-refractivity contribution in [2.24, 2.45) is 0 Å². The van der Waals surface area contributed by atoms with E-state index in [1.807, 2.05) is 43.3 Å². The van der Waals surface area contributed by atoms with Crippen molar-refractivity contribution in [3.8, 4) is 17.2 Å². The first-order chi connectivity index (χ1) is 14.1. The van der Waals surface area contributed by atoms with Crippen LogP contribution < -0.4 is 10.1 Å². The Morgan fingerprint density at radius 1 is 1.10 bits per heavy atom. The highest BCUT2D eigenvalue weighted by atomic mass is 19.1. The van der Waals surface area contributed by atoms with Gasteiger partial charge in [-0.05, 0) is 54.4 Å². The van der Waals surface area contributed by atoms with Crippen molar-refractivity contribution in [1.82, 2.24) is 10.3 Å². The molecule has 0 spiro atoms. The Morgan fingerprint density at radius 3 is 2.72 bits per heavy atom. The highest BCUT2D eigenvalue weighted by Crippen LogP contribution is 2.31. The number of carbonyl (C=O) groups excluding carboxylic acids is 1. The molecule has 4 aromatic rings. The van der Waals surface area contributed by atoms with Crippen LogP contribution in [0.3, 0.4) is 0 Å². The Hall–Kier alpha value is -3.67. The molecule has 5 nitrogen and oxygen atoms in total. The van der Waals surface area contributed by atoms with Gasteiger partial charge >= 0.3 is 0 Å². The van der Waals surface area contributed by atoms with Gasteiger partial charge in [0.2, 0.25) is 5.89 Å². The maximum atomic E-state index is 12.9. The van der Waals surface area contributed by atoms with Gasteiger partial charge in [0.05, 0.1) is 5.56 Å². The van der Waals surface area contributed by atoms with Crippen LogP contribution in [0, 0.1) is 12.7 Å². The lowest BCUT2D eigenvalue weighted by atomic mass is 10.2. The molecule has 1 aromatic heterocycles. The molecule has 146 valence electrons. The summed E-state index contributed by atoms with van der Waals surface area (Å²) in [7, 11) is 0. The maximum Gasteiger partial charge on any atom is 0.258 e. The second-order valence-electron chi connectivity index (χ2n) is 6.68. The second kappa shape index (κ2) is 8.14. The molecular formula is C23H19FN2O3. The van der Waals surface area contributed by atoms with Gasteiger partial charge in [-0.1, -0.05) is 30.3 Å². The zero-order chi connectivity index (χ0) is 20.2. The molecule has 29 heavy (non-hydrogen) atoms. The summed E-state index contributed by atoms with van der Waals surface area (Å²) in [5.74, 6) is 0.354. The summed E-state index contributed by atoms with van der Waals surface area (Å²) in [4.78, 5) is 16.7. The first-order valence-corrected chi connectivity index (χ1v) is 9.19. The number of hydrogen-bond donors (Lipinski definition) is 1. The Labute approximate surface area is 167 Å². The number of nitrogens with one attached hydrogen (secondary N) is 1. The lowest BCUT2D eigenvalue weighted by Crippen LogP contribution is -2.28. The second-order valence-corrected chi connectivity index (χ2v) is 6.68. The molecular weight excluding hydrogens is 371 g/mol. The monoisotopic (exact) mass is 390 g/mol. The number of para-hydroxylation sites is 1. The molecule has 0 saturated heterocycles. The fourth-order valence-electron chi connectivity index (χ4n) is 2.92. The van der Waals surface area contributed by atoms with Crippen LogP contribution in [0.5, 0.6) is 5.75 Å². The van der Waals surface area contributed by atoms with Gasteiger partial charge in [0.15, 0.2) is 12.2 Å². The number of carbonyl (C=O) groups is 1. The Bertz CT molecular complexity index is 1150. The van der Waals surface area contributed by atoms with Crippen LogP contribution >= 0.6 is 0 Å². The molecule has 0 radical (unpaired) electrons. The Balaban J connectivity index is 1.44. The van der Waals surface area contributed by atoms with E-state index in [0.29, 0.717) is 29.3 Å². The van der Waals surface area contributed by atoms with E-state index in [2.05, 4.69) is 10.3 Å². The average Bonchev–Trinajstić information content (AvgIpc) is 3.15. The predicted molar refractivity (Wildman–Crippen MR) is 108 cm³/mol. The number of hydrogen-bond acceptors (Lipinski definition) is 4. The highest BCUT2D eigenvalue weighted by Gasteiger charge is 2.14. The number of aromatic nitrogens is 1. The standard InChI is InChI=1S/C23H19FN2O3/c1-15-6-11-21-19(12-15)26-23(29-21)18-4-2-3-5-20(18)28-14-22(27)25-13-16-7-9-17(24)10-8-16/h2-12H,13-14H2,1H3,(H,25,27). The van der Waals surface area contributed by atoms with E-state index >= 15 is 0 Å². The molecule has 1 amide bonds. The average molecular weight is 390 g/mol. The smallest absolute Gasteiger partial charge is 0.258 e. The summed E-state index contributed by atoms with van der Waals surface area (Å²) < 4.78 is 24.5. The van der Waals surface area contributed by atoms with Crippen molar-refractivity contribution in [2.45, 2.75) is 13.5 Å². The van der Waals surface area contributed by atoms with Gasteiger partial charge < -0.3 is 14.5 Å². The molecule has 0 saturated carbocycles. The summed E-state index contributed by atoms with van der Waals surface area (Å²) >= 11 is 0. The van der Waals surface area contributed by atoms with Crippen molar-refractivity contribution in [3.05, 3.63) is 83.7 Å². The topological polar surface area (TPSA) is 64.4 Å². The minimum atomic E-state index is -0.311. The lowest BCUT2D eigenvalue weighted by Gasteiger charge is -2.10. The highest BCUT2D eigenvalue weighted by molar-refractivity contribution is 5.79. The van der Waals surface area contributed by atoms with Crippen LogP contribution in [-0.2, 0) is 11.3 Å². The first kappa shape index (κ1) is 18.7. The molecule has 1 N–H and O–H groups in total. The number of benzene rings is 3. The molecule has 6 heteroatoms. The van der Waals surface area contributed by atoms with E-state index < -0.39 is 0 Å². The molecule has 0 atom stereocenters. The summed E-state index contributed by atoms with van der Waals surface area (Å²) in [5, 5.41) is 2.75. The molecule has 3 aromatic carbocycles. The summed E-state index contributed by atoms with van der Waals surface area (Å²) in [6, 6.07) is 19.0. The van der Waals surface area contributed by atoms with E-state index in [1.54, 1.807) is 18.2 Å². The third kappa shape index (κ3) is 4.43. The Morgan fingerprint density at radius 2 is 1.90 bits per heavy atom. The minimum absolute atomic E-state index is 0.155. The zero-order valence-corrected chi connectivity index (χ0v) is 15.8. The van der Waals surface area contributed by atoms with Gasteiger partial charge in [-0.3, -0.25) is 4.79 Å². The molecule has 1 heterocycles. The van der Waals surface area contributed by atoms with Gasteiger partial charge in [0.25, 0.3) is 5.91 Å². The summed E-state index contributed by atoms with van der Waals surface area (Å²) in [6.45, 7) is 2.14. The van der Waals surface area contributed by atoms with Crippen LogP contribution in [0.1, 0.15) is 11.1 Å². The fourth-order valence-corrected chi connectivity index (χ4v) is 2.92. The quantitative estimate of drug-likeness (QED) is 0.521. The number of rotatable bonds is 6.